The maximum atomic E-state index is 3.96. The van der Waals surface area contributed by atoms with E-state index in [0.29, 0.717) is 0 Å². The van der Waals surface area contributed by atoms with Crippen LogP contribution in [0.2, 0.25) is 0 Å². The van der Waals surface area contributed by atoms with Gasteiger partial charge in [-0.25, -0.2) is 0 Å². The van der Waals surface area contributed by atoms with E-state index in [0.717, 1.165) is 5.69 Å². The summed E-state index contributed by atoms with van der Waals surface area (Å²) in [5, 5.41) is 1.97. The molecular weight excluding hydrogens is 130 g/mol. The standard InChI is InChI=1S/C4H5NS.ClH/c1-4-2-3-6-5-4;/h2-3H,1H3;1H. The third kappa shape index (κ3) is 1.90. The van der Waals surface area contributed by atoms with Gasteiger partial charge < -0.3 is 0 Å². The minimum absolute atomic E-state index is 0. The highest BCUT2D eigenvalue weighted by Crippen LogP contribution is 1.94. The Morgan fingerprint density at radius 2 is 2.43 bits per heavy atom. The van der Waals surface area contributed by atoms with Crippen molar-refractivity contribution in [3.63, 3.8) is 0 Å². The minimum atomic E-state index is 0. The number of hydrogen-bond donors (Lipinski definition) is 0. The van der Waals surface area contributed by atoms with Crippen molar-refractivity contribution in [2.45, 2.75) is 6.92 Å². The molecule has 0 aliphatic rings. The van der Waals surface area contributed by atoms with Gasteiger partial charge in [0.1, 0.15) is 0 Å². The highest BCUT2D eigenvalue weighted by molar-refractivity contribution is 7.03. The maximum Gasteiger partial charge on any atom is 0.0511 e. The zero-order valence-corrected chi connectivity index (χ0v) is 5.55. The lowest BCUT2D eigenvalue weighted by molar-refractivity contribution is 1.35. The Kier molecular flexibility index (Phi) is 2.96. The molecule has 1 heterocycles. The molecule has 0 spiro atoms. The number of aryl methyl sites for hydroxylation is 1. The fraction of sp³-hybridized carbons (Fsp3) is 0.250. The Balaban J connectivity index is 0.000000360. The normalized spacial score (nSPS) is 7.57. The van der Waals surface area contributed by atoms with E-state index in [9.17, 15) is 0 Å². The molecule has 0 atom stereocenters. The molecule has 0 saturated heterocycles. The quantitative estimate of drug-likeness (QED) is 0.529. The first-order valence-electron chi connectivity index (χ1n) is 1.76. The van der Waals surface area contributed by atoms with Crippen molar-refractivity contribution < 1.29 is 0 Å². The van der Waals surface area contributed by atoms with E-state index in [1.165, 1.54) is 11.5 Å². The van der Waals surface area contributed by atoms with Crippen LogP contribution >= 0.6 is 23.9 Å². The molecule has 0 aliphatic heterocycles. The van der Waals surface area contributed by atoms with Gasteiger partial charge in [-0.05, 0) is 24.5 Å². The minimum Gasteiger partial charge on any atom is -0.198 e. The van der Waals surface area contributed by atoms with Gasteiger partial charge >= 0.3 is 0 Å². The van der Waals surface area contributed by atoms with Crippen molar-refractivity contribution >= 4 is 23.9 Å². The molecule has 1 nitrogen and oxygen atoms in total. The van der Waals surface area contributed by atoms with Gasteiger partial charge in [-0.3, -0.25) is 0 Å². The van der Waals surface area contributed by atoms with Crippen LogP contribution in [-0.4, -0.2) is 4.37 Å². The number of rotatable bonds is 0. The van der Waals surface area contributed by atoms with Crippen LogP contribution < -0.4 is 0 Å². The highest BCUT2D eigenvalue weighted by atomic mass is 35.5. The molecule has 40 valence electrons. The first kappa shape index (κ1) is 6.92. The summed E-state index contributed by atoms with van der Waals surface area (Å²) >= 11 is 1.49. The van der Waals surface area contributed by atoms with E-state index >= 15 is 0 Å². The SMILES string of the molecule is Cc1ccsn1.Cl. The van der Waals surface area contributed by atoms with Crippen molar-refractivity contribution in [3.8, 4) is 0 Å². The molecule has 0 fully saturated rings. The molecule has 0 radical (unpaired) electrons. The summed E-state index contributed by atoms with van der Waals surface area (Å²) in [5.74, 6) is 0. The van der Waals surface area contributed by atoms with Crippen molar-refractivity contribution in [3.05, 3.63) is 17.1 Å². The molecule has 1 aromatic rings. The lowest BCUT2D eigenvalue weighted by Gasteiger charge is -1.64. The Hall–Kier alpha value is -0.0800. The van der Waals surface area contributed by atoms with E-state index in [1.807, 2.05) is 18.4 Å². The Morgan fingerprint density at radius 1 is 1.71 bits per heavy atom. The van der Waals surface area contributed by atoms with Gasteiger partial charge in [-0.2, -0.15) is 4.37 Å². The fourth-order valence-electron chi connectivity index (χ4n) is 0.273. The van der Waals surface area contributed by atoms with Crippen LogP contribution in [0.4, 0.5) is 0 Å². The van der Waals surface area contributed by atoms with Crippen LogP contribution in [0.3, 0.4) is 0 Å². The average Bonchev–Trinajstić information content (AvgIpc) is 1.86. The molecular formula is C4H6ClNS. The summed E-state index contributed by atoms with van der Waals surface area (Å²) < 4.78 is 3.96. The second-order valence-corrected chi connectivity index (χ2v) is 1.81. The molecule has 0 saturated carbocycles. The summed E-state index contributed by atoms with van der Waals surface area (Å²) in [5.41, 5.74) is 1.11. The third-order valence-corrected chi connectivity index (χ3v) is 1.22. The molecule has 0 aliphatic carbocycles. The van der Waals surface area contributed by atoms with Gasteiger partial charge in [0.2, 0.25) is 0 Å². The van der Waals surface area contributed by atoms with E-state index in [4.69, 9.17) is 0 Å². The topological polar surface area (TPSA) is 12.9 Å². The van der Waals surface area contributed by atoms with E-state index in [-0.39, 0.29) is 12.4 Å². The lowest BCUT2D eigenvalue weighted by atomic mass is 10.5. The monoisotopic (exact) mass is 135 g/mol. The second kappa shape index (κ2) is 2.99. The first-order chi connectivity index (χ1) is 2.89. The Bertz CT molecular complexity index is 115. The predicted molar refractivity (Wildman–Crippen MR) is 34.1 cm³/mol. The molecule has 0 amide bonds. The van der Waals surface area contributed by atoms with E-state index in [1.54, 1.807) is 0 Å². The van der Waals surface area contributed by atoms with Crippen LogP contribution in [0, 0.1) is 6.92 Å². The molecule has 0 bridgehead atoms. The number of hydrogen-bond acceptors (Lipinski definition) is 2. The van der Waals surface area contributed by atoms with Crippen LogP contribution in [-0.2, 0) is 0 Å². The molecule has 0 N–H and O–H groups in total. The third-order valence-electron chi connectivity index (χ3n) is 0.567. The van der Waals surface area contributed by atoms with E-state index < -0.39 is 0 Å². The molecule has 7 heavy (non-hydrogen) atoms. The van der Waals surface area contributed by atoms with Crippen molar-refractivity contribution in [2.75, 3.05) is 0 Å². The second-order valence-electron chi connectivity index (χ2n) is 1.14. The summed E-state index contributed by atoms with van der Waals surface area (Å²) in [4.78, 5) is 0. The van der Waals surface area contributed by atoms with Gasteiger partial charge in [0.05, 0.1) is 5.69 Å². The van der Waals surface area contributed by atoms with Gasteiger partial charge in [-0.15, -0.1) is 12.4 Å². The Morgan fingerprint density at radius 3 is 2.57 bits per heavy atom. The number of aromatic nitrogens is 1. The van der Waals surface area contributed by atoms with Crippen molar-refractivity contribution in [1.82, 2.24) is 4.37 Å². The van der Waals surface area contributed by atoms with Crippen LogP contribution in [0.15, 0.2) is 11.4 Å². The van der Waals surface area contributed by atoms with Crippen LogP contribution in [0.25, 0.3) is 0 Å². The molecule has 1 rings (SSSR count). The van der Waals surface area contributed by atoms with Crippen molar-refractivity contribution in [1.29, 1.82) is 0 Å². The van der Waals surface area contributed by atoms with E-state index in [2.05, 4.69) is 4.37 Å². The number of halogens is 1. The molecule has 3 heteroatoms. The summed E-state index contributed by atoms with van der Waals surface area (Å²) in [6.07, 6.45) is 0. The highest BCUT2D eigenvalue weighted by Gasteiger charge is 1.76. The zero-order chi connectivity index (χ0) is 4.41. The van der Waals surface area contributed by atoms with Gasteiger partial charge in [0, 0.05) is 5.38 Å². The predicted octanol–water partition coefficient (Wildman–Crippen LogP) is 1.87. The molecule has 1 aromatic heterocycles. The maximum absolute atomic E-state index is 3.96. The lowest BCUT2D eigenvalue weighted by Crippen LogP contribution is -1.57. The first-order valence-corrected chi connectivity index (χ1v) is 2.60. The smallest absolute Gasteiger partial charge is 0.0511 e. The molecule has 0 aromatic carbocycles. The number of nitrogens with zero attached hydrogens (tertiary/aromatic N) is 1. The zero-order valence-electron chi connectivity index (χ0n) is 3.92. The largest absolute Gasteiger partial charge is 0.198 e. The van der Waals surface area contributed by atoms with Gasteiger partial charge in [-0.1, -0.05) is 0 Å². The van der Waals surface area contributed by atoms with Gasteiger partial charge in [0.15, 0.2) is 0 Å². The summed E-state index contributed by atoms with van der Waals surface area (Å²) in [6, 6.07) is 1.99. The fourth-order valence-corrected chi connectivity index (χ4v) is 0.819. The Labute approximate surface area is 53.0 Å². The van der Waals surface area contributed by atoms with Crippen molar-refractivity contribution in [2.24, 2.45) is 0 Å². The summed E-state index contributed by atoms with van der Waals surface area (Å²) in [7, 11) is 0. The van der Waals surface area contributed by atoms with Gasteiger partial charge in [0.25, 0.3) is 0 Å². The average molecular weight is 136 g/mol. The van der Waals surface area contributed by atoms with Crippen LogP contribution in [0.5, 0.6) is 0 Å². The summed E-state index contributed by atoms with van der Waals surface area (Å²) in [6.45, 7) is 1.98. The van der Waals surface area contributed by atoms with Crippen LogP contribution in [0.1, 0.15) is 5.69 Å². The molecule has 0 unspecified atom stereocenters.